The number of hydrogen-bond donors (Lipinski definition) is 1. The van der Waals surface area contributed by atoms with Gasteiger partial charge in [0.2, 0.25) is 0 Å². The molecule has 0 aliphatic rings. The standard InChI is InChI=1S/C12H13ClN2O.ClH/c1-7(14)10-6-8-5-9(13)3-4-11(8)15(2)12(10)16;/h3-7H,14H2,1-2H3;1H/t7-;/m0./s1. The summed E-state index contributed by atoms with van der Waals surface area (Å²) in [6, 6.07) is 6.98. The maximum atomic E-state index is 12.0. The van der Waals surface area contributed by atoms with Crippen molar-refractivity contribution in [3.63, 3.8) is 0 Å². The molecule has 0 aliphatic carbocycles. The molecule has 17 heavy (non-hydrogen) atoms. The number of pyridine rings is 1. The first-order chi connectivity index (χ1) is 7.50. The lowest BCUT2D eigenvalue weighted by Gasteiger charge is -2.11. The predicted molar refractivity (Wildman–Crippen MR) is 74.0 cm³/mol. The Labute approximate surface area is 111 Å². The molecular weight excluding hydrogens is 259 g/mol. The monoisotopic (exact) mass is 272 g/mol. The summed E-state index contributed by atoms with van der Waals surface area (Å²) in [5.41, 5.74) is 7.18. The molecule has 92 valence electrons. The second-order valence-corrected chi connectivity index (χ2v) is 4.39. The Balaban J connectivity index is 0.00000144. The van der Waals surface area contributed by atoms with Crippen LogP contribution in [0.25, 0.3) is 10.9 Å². The van der Waals surface area contributed by atoms with Gasteiger partial charge in [-0.15, -0.1) is 12.4 Å². The zero-order valence-electron chi connectivity index (χ0n) is 9.61. The minimum absolute atomic E-state index is 0. The van der Waals surface area contributed by atoms with Crippen LogP contribution in [-0.2, 0) is 7.05 Å². The van der Waals surface area contributed by atoms with Crippen LogP contribution in [0.4, 0.5) is 0 Å². The van der Waals surface area contributed by atoms with Crippen LogP contribution in [-0.4, -0.2) is 4.57 Å². The van der Waals surface area contributed by atoms with Crippen molar-refractivity contribution in [3.05, 3.63) is 45.2 Å². The Bertz CT molecular complexity index is 605. The number of aromatic nitrogens is 1. The summed E-state index contributed by atoms with van der Waals surface area (Å²) < 4.78 is 1.60. The second kappa shape index (κ2) is 5.08. The molecular formula is C12H14Cl2N2O. The van der Waals surface area contributed by atoms with Crippen LogP contribution in [0.15, 0.2) is 29.1 Å². The fourth-order valence-electron chi connectivity index (χ4n) is 1.80. The third-order valence-electron chi connectivity index (χ3n) is 2.70. The van der Waals surface area contributed by atoms with Crippen molar-refractivity contribution in [3.8, 4) is 0 Å². The molecule has 2 aromatic rings. The Kier molecular flexibility index (Phi) is 4.20. The van der Waals surface area contributed by atoms with Gasteiger partial charge in [-0.2, -0.15) is 0 Å². The van der Waals surface area contributed by atoms with Crippen molar-refractivity contribution in [2.45, 2.75) is 13.0 Å². The number of fused-ring (bicyclic) bond motifs is 1. The number of nitrogens with zero attached hydrogens (tertiary/aromatic N) is 1. The molecule has 1 aromatic carbocycles. The Morgan fingerprint density at radius 2 is 2.00 bits per heavy atom. The third kappa shape index (κ3) is 2.46. The van der Waals surface area contributed by atoms with Crippen LogP contribution in [0.3, 0.4) is 0 Å². The Morgan fingerprint density at radius 1 is 1.35 bits per heavy atom. The molecule has 0 radical (unpaired) electrons. The van der Waals surface area contributed by atoms with E-state index in [1.165, 1.54) is 0 Å². The first-order valence-corrected chi connectivity index (χ1v) is 5.43. The van der Waals surface area contributed by atoms with Crippen molar-refractivity contribution in [2.75, 3.05) is 0 Å². The molecule has 0 aliphatic heterocycles. The maximum Gasteiger partial charge on any atom is 0.255 e. The molecule has 0 saturated carbocycles. The van der Waals surface area contributed by atoms with E-state index < -0.39 is 0 Å². The quantitative estimate of drug-likeness (QED) is 0.868. The van der Waals surface area contributed by atoms with Crippen molar-refractivity contribution in [1.82, 2.24) is 4.57 Å². The molecule has 1 heterocycles. The summed E-state index contributed by atoms with van der Waals surface area (Å²) in [6.45, 7) is 1.80. The highest BCUT2D eigenvalue weighted by Crippen LogP contribution is 2.19. The van der Waals surface area contributed by atoms with E-state index in [4.69, 9.17) is 17.3 Å². The van der Waals surface area contributed by atoms with Crippen molar-refractivity contribution in [2.24, 2.45) is 12.8 Å². The maximum absolute atomic E-state index is 12.0. The highest BCUT2D eigenvalue weighted by atomic mass is 35.5. The van der Waals surface area contributed by atoms with E-state index in [0.717, 1.165) is 10.9 Å². The van der Waals surface area contributed by atoms with Crippen molar-refractivity contribution >= 4 is 34.9 Å². The summed E-state index contributed by atoms with van der Waals surface area (Å²) in [6.07, 6.45) is 0. The van der Waals surface area contributed by atoms with Gasteiger partial charge < -0.3 is 10.3 Å². The molecule has 0 amide bonds. The van der Waals surface area contributed by atoms with Crippen LogP contribution in [0.2, 0.25) is 5.02 Å². The van der Waals surface area contributed by atoms with E-state index in [-0.39, 0.29) is 24.0 Å². The van der Waals surface area contributed by atoms with E-state index in [9.17, 15) is 4.79 Å². The van der Waals surface area contributed by atoms with E-state index >= 15 is 0 Å². The van der Waals surface area contributed by atoms with E-state index in [1.54, 1.807) is 24.6 Å². The number of hydrogen-bond acceptors (Lipinski definition) is 2. The van der Waals surface area contributed by atoms with Gasteiger partial charge in [0.1, 0.15) is 0 Å². The highest BCUT2D eigenvalue weighted by molar-refractivity contribution is 6.31. The molecule has 2 rings (SSSR count). The van der Waals surface area contributed by atoms with Crippen LogP contribution in [0.1, 0.15) is 18.5 Å². The molecule has 0 saturated heterocycles. The lowest BCUT2D eigenvalue weighted by atomic mass is 10.1. The van der Waals surface area contributed by atoms with Gasteiger partial charge in [-0.3, -0.25) is 4.79 Å². The molecule has 1 aromatic heterocycles. The SMILES string of the molecule is C[C@H](N)c1cc2cc(Cl)ccc2n(C)c1=O.Cl. The lowest BCUT2D eigenvalue weighted by molar-refractivity contribution is 0.772. The van der Waals surface area contributed by atoms with E-state index in [0.29, 0.717) is 10.6 Å². The number of rotatable bonds is 1. The first-order valence-electron chi connectivity index (χ1n) is 5.05. The minimum Gasteiger partial charge on any atom is -0.324 e. The number of nitrogens with two attached hydrogens (primary N) is 1. The van der Waals surface area contributed by atoms with Crippen LogP contribution < -0.4 is 11.3 Å². The zero-order valence-corrected chi connectivity index (χ0v) is 11.2. The van der Waals surface area contributed by atoms with Gasteiger partial charge in [0, 0.05) is 29.1 Å². The van der Waals surface area contributed by atoms with Gasteiger partial charge in [-0.05, 0) is 31.2 Å². The van der Waals surface area contributed by atoms with Crippen LogP contribution in [0, 0.1) is 0 Å². The van der Waals surface area contributed by atoms with Crippen LogP contribution in [0.5, 0.6) is 0 Å². The molecule has 2 N–H and O–H groups in total. The largest absolute Gasteiger partial charge is 0.324 e. The lowest BCUT2D eigenvalue weighted by Crippen LogP contribution is -2.25. The second-order valence-electron chi connectivity index (χ2n) is 3.96. The van der Waals surface area contributed by atoms with Gasteiger partial charge in [0.25, 0.3) is 5.56 Å². The van der Waals surface area contributed by atoms with E-state index in [2.05, 4.69) is 0 Å². The molecule has 0 bridgehead atoms. The molecule has 0 fully saturated rings. The minimum atomic E-state index is -0.276. The van der Waals surface area contributed by atoms with Gasteiger partial charge in [0.15, 0.2) is 0 Å². The average molecular weight is 273 g/mol. The predicted octanol–water partition coefficient (Wildman–Crippen LogP) is 2.63. The smallest absolute Gasteiger partial charge is 0.255 e. The van der Waals surface area contributed by atoms with Crippen molar-refractivity contribution < 1.29 is 0 Å². The Morgan fingerprint density at radius 3 is 2.59 bits per heavy atom. The summed E-state index contributed by atoms with van der Waals surface area (Å²) >= 11 is 5.92. The summed E-state index contributed by atoms with van der Waals surface area (Å²) in [5, 5.41) is 1.59. The normalized spacial score (nSPS) is 12.2. The zero-order chi connectivity index (χ0) is 11.9. The summed E-state index contributed by atoms with van der Waals surface area (Å²) in [4.78, 5) is 12.0. The molecule has 1 atom stereocenters. The number of halogens is 2. The number of benzene rings is 1. The van der Waals surface area contributed by atoms with Gasteiger partial charge >= 0.3 is 0 Å². The Hall–Kier alpha value is -1.03. The molecule has 3 nitrogen and oxygen atoms in total. The summed E-state index contributed by atoms with van der Waals surface area (Å²) in [7, 11) is 1.74. The van der Waals surface area contributed by atoms with Gasteiger partial charge in [-0.1, -0.05) is 11.6 Å². The first kappa shape index (κ1) is 14.0. The van der Waals surface area contributed by atoms with Crippen LogP contribution >= 0.6 is 24.0 Å². The summed E-state index contributed by atoms with van der Waals surface area (Å²) in [5.74, 6) is 0. The molecule has 0 spiro atoms. The highest BCUT2D eigenvalue weighted by Gasteiger charge is 2.09. The molecule has 5 heteroatoms. The van der Waals surface area contributed by atoms with Gasteiger partial charge in [-0.25, -0.2) is 0 Å². The van der Waals surface area contributed by atoms with Crippen molar-refractivity contribution in [1.29, 1.82) is 0 Å². The molecule has 0 unspecified atom stereocenters. The topological polar surface area (TPSA) is 48.0 Å². The van der Waals surface area contributed by atoms with Gasteiger partial charge in [0.05, 0.1) is 5.52 Å². The average Bonchev–Trinajstić information content (AvgIpc) is 2.22. The fourth-order valence-corrected chi connectivity index (χ4v) is 1.99. The fraction of sp³-hybridized carbons (Fsp3) is 0.250. The van der Waals surface area contributed by atoms with E-state index in [1.807, 2.05) is 18.2 Å². The third-order valence-corrected chi connectivity index (χ3v) is 2.94. The number of aryl methyl sites for hydroxylation is 1.